The first-order valence-corrected chi connectivity index (χ1v) is 6.35. The summed E-state index contributed by atoms with van der Waals surface area (Å²) in [5.41, 5.74) is 1.20. The zero-order valence-electron chi connectivity index (χ0n) is 9.69. The maximum atomic E-state index is 11.3. The van der Waals surface area contributed by atoms with Gasteiger partial charge in [-0.15, -0.1) is 0 Å². The molecule has 6 heteroatoms. The van der Waals surface area contributed by atoms with Crippen LogP contribution in [0.5, 0.6) is 0 Å². The van der Waals surface area contributed by atoms with Crippen LogP contribution in [0.4, 0.5) is 4.79 Å². The lowest BCUT2D eigenvalue weighted by Gasteiger charge is -2.06. The number of urea groups is 1. The molecule has 0 aromatic carbocycles. The predicted molar refractivity (Wildman–Crippen MR) is 66.1 cm³/mol. The first-order chi connectivity index (χ1) is 8.22. The SMILES string of the molecule is CCOC(=O)CNC(=O)NCCc1ccsc1. The maximum Gasteiger partial charge on any atom is 0.325 e. The fourth-order valence-electron chi connectivity index (χ4n) is 1.18. The molecule has 94 valence electrons. The van der Waals surface area contributed by atoms with Crippen LogP contribution in [0.3, 0.4) is 0 Å². The van der Waals surface area contributed by atoms with E-state index in [0.717, 1.165) is 6.42 Å². The molecule has 0 saturated heterocycles. The van der Waals surface area contributed by atoms with Crippen LogP contribution in [-0.4, -0.2) is 31.7 Å². The summed E-state index contributed by atoms with van der Waals surface area (Å²) in [7, 11) is 0. The van der Waals surface area contributed by atoms with Crippen molar-refractivity contribution in [2.45, 2.75) is 13.3 Å². The Labute approximate surface area is 104 Å². The summed E-state index contributed by atoms with van der Waals surface area (Å²) in [4.78, 5) is 22.2. The molecule has 5 nitrogen and oxygen atoms in total. The van der Waals surface area contributed by atoms with Crippen LogP contribution in [0.2, 0.25) is 0 Å². The summed E-state index contributed by atoms with van der Waals surface area (Å²) in [5, 5.41) is 9.13. The van der Waals surface area contributed by atoms with E-state index < -0.39 is 5.97 Å². The number of thiophene rings is 1. The van der Waals surface area contributed by atoms with Gasteiger partial charge in [0.25, 0.3) is 0 Å². The summed E-state index contributed by atoms with van der Waals surface area (Å²) < 4.78 is 4.68. The van der Waals surface area contributed by atoms with Crippen LogP contribution >= 0.6 is 11.3 Å². The van der Waals surface area contributed by atoms with Gasteiger partial charge in [0, 0.05) is 6.54 Å². The minimum atomic E-state index is -0.430. The van der Waals surface area contributed by atoms with Crippen LogP contribution in [0.25, 0.3) is 0 Å². The molecule has 2 amide bonds. The van der Waals surface area contributed by atoms with Crippen molar-refractivity contribution in [2.24, 2.45) is 0 Å². The Balaban J connectivity index is 2.07. The Hall–Kier alpha value is -1.56. The Morgan fingerprint density at radius 1 is 1.41 bits per heavy atom. The Kier molecular flexibility index (Phi) is 6.09. The third-order valence-corrected chi connectivity index (χ3v) is 2.71. The van der Waals surface area contributed by atoms with E-state index in [9.17, 15) is 9.59 Å². The molecule has 0 atom stereocenters. The molecule has 0 unspecified atom stereocenters. The van der Waals surface area contributed by atoms with E-state index in [1.165, 1.54) is 5.56 Å². The molecule has 0 bridgehead atoms. The lowest BCUT2D eigenvalue weighted by Crippen LogP contribution is -2.39. The molecule has 0 saturated carbocycles. The quantitative estimate of drug-likeness (QED) is 0.750. The van der Waals surface area contributed by atoms with Crippen molar-refractivity contribution in [3.8, 4) is 0 Å². The largest absolute Gasteiger partial charge is 0.465 e. The van der Waals surface area contributed by atoms with E-state index in [-0.39, 0.29) is 12.6 Å². The summed E-state index contributed by atoms with van der Waals surface area (Å²) in [6.45, 7) is 2.49. The average molecular weight is 256 g/mol. The molecule has 1 aromatic rings. The third kappa shape index (κ3) is 5.91. The Bertz CT molecular complexity index is 352. The van der Waals surface area contributed by atoms with E-state index in [1.54, 1.807) is 18.3 Å². The molecule has 17 heavy (non-hydrogen) atoms. The van der Waals surface area contributed by atoms with Crippen molar-refractivity contribution in [2.75, 3.05) is 19.7 Å². The molecule has 0 aliphatic heterocycles. The standard InChI is InChI=1S/C11H16N2O3S/c1-2-16-10(14)7-13-11(15)12-5-3-9-4-6-17-8-9/h4,6,8H,2-3,5,7H2,1H3,(H2,12,13,15). The number of amides is 2. The number of ether oxygens (including phenoxy) is 1. The third-order valence-electron chi connectivity index (χ3n) is 1.98. The molecule has 0 fully saturated rings. The Morgan fingerprint density at radius 2 is 2.24 bits per heavy atom. The smallest absolute Gasteiger partial charge is 0.325 e. The second-order valence-electron chi connectivity index (χ2n) is 3.30. The first kappa shape index (κ1) is 13.5. The van der Waals surface area contributed by atoms with Crippen molar-refractivity contribution < 1.29 is 14.3 Å². The summed E-state index contributed by atoms with van der Waals surface area (Å²) in [5.74, 6) is -0.430. The summed E-state index contributed by atoms with van der Waals surface area (Å²) in [6, 6.07) is 1.66. The van der Waals surface area contributed by atoms with Crippen LogP contribution in [0.1, 0.15) is 12.5 Å². The highest BCUT2D eigenvalue weighted by molar-refractivity contribution is 7.07. The van der Waals surface area contributed by atoms with Gasteiger partial charge in [-0.1, -0.05) is 0 Å². The van der Waals surface area contributed by atoms with Gasteiger partial charge < -0.3 is 15.4 Å². The van der Waals surface area contributed by atoms with Gasteiger partial charge >= 0.3 is 12.0 Å². The van der Waals surface area contributed by atoms with Crippen molar-refractivity contribution in [1.82, 2.24) is 10.6 Å². The maximum absolute atomic E-state index is 11.3. The van der Waals surface area contributed by atoms with Crippen molar-refractivity contribution >= 4 is 23.3 Å². The van der Waals surface area contributed by atoms with Gasteiger partial charge in [0.15, 0.2) is 0 Å². The Morgan fingerprint density at radius 3 is 2.88 bits per heavy atom. The fraction of sp³-hybridized carbons (Fsp3) is 0.455. The van der Waals surface area contributed by atoms with Crippen molar-refractivity contribution in [3.63, 3.8) is 0 Å². The van der Waals surface area contributed by atoms with Crippen LogP contribution in [-0.2, 0) is 16.0 Å². The number of esters is 1. The number of nitrogens with one attached hydrogen (secondary N) is 2. The first-order valence-electron chi connectivity index (χ1n) is 5.40. The minimum absolute atomic E-state index is 0.0991. The molecule has 1 aromatic heterocycles. The lowest BCUT2D eigenvalue weighted by molar-refractivity contribution is -0.141. The summed E-state index contributed by atoms with van der Waals surface area (Å²) in [6.07, 6.45) is 0.788. The lowest BCUT2D eigenvalue weighted by atomic mass is 10.2. The van der Waals surface area contributed by atoms with Gasteiger partial charge in [0.05, 0.1) is 6.61 Å². The fourth-order valence-corrected chi connectivity index (χ4v) is 1.89. The predicted octanol–water partition coefficient (Wildman–Crippen LogP) is 1.15. The van der Waals surface area contributed by atoms with Crippen molar-refractivity contribution in [1.29, 1.82) is 0 Å². The van der Waals surface area contributed by atoms with Gasteiger partial charge in [-0.25, -0.2) is 4.79 Å². The van der Waals surface area contributed by atoms with Crippen LogP contribution in [0, 0.1) is 0 Å². The monoisotopic (exact) mass is 256 g/mol. The second-order valence-corrected chi connectivity index (χ2v) is 4.08. The van der Waals surface area contributed by atoms with E-state index in [0.29, 0.717) is 13.2 Å². The van der Waals surface area contributed by atoms with Gasteiger partial charge in [0.1, 0.15) is 6.54 Å². The van der Waals surface area contributed by atoms with E-state index >= 15 is 0 Å². The van der Waals surface area contributed by atoms with Gasteiger partial charge in [-0.2, -0.15) is 11.3 Å². The normalized spacial score (nSPS) is 9.71. The number of carbonyl (C=O) groups is 2. The minimum Gasteiger partial charge on any atom is -0.465 e. The molecule has 0 radical (unpaired) electrons. The highest BCUT2D eigenvalue weighted by atomic mass is 32.1. The highest BCUT2D eigenvalue weighted by Gasteiger charge is 2.04. The highest BCUT2D eigenvalue weighted by Crippen LogP contribution is 2.05. The van der Waals surface area contributed by atoms with E-state index in [2.05, 4.69) is 15.4 Å². The van der Waals surface area contributed by atoms with Gasteiger partial charge in [-0.05, 0) is 35.7 Å². The number of carbonyl (C=O) groups excluding carboxylic acids is 2. The summed E-state index contributed by atoms with van der Waals surface area (Å²) >= 11 is 1.63. The zero-order chi connectivity index (χ0) is 12.5. The molecule has 0 spiro atoms. The van der Waals surface area contributed by atoms with E-state index in [4.69, 9.17) is 0 Å². The van der Waals surface area contributed by atoms with Crippen molar-refractivity contribution in [3.05, 3.63) is 22.4 Å². The molecule has 0 aliphatic carbocycles. The topological polar surface area (TPSA) is 67.4 Å². The molecular weight excluding hydrogens is 240 g/mol. The molecule has 0 aliphatic rings. The van der Waals surface area contributed by atoms with Crippen LogP contribution < -0.4 is 10.6 Å². The molecular formula is C11H16N2O3S. The number of hydrogen-bond donors (Lipinski definition) is 2. The molecule has 1 heterocycles. The van der Waals surface area contributed by atoms with E-state index in [1.807, 2.05) is 16.8 Å². The number of hydrogen-bond acceptors (Lipinski definition) is 4. The molecule has 2 N–H and O–H groups in total. The number of rotatable bonds is 6. The average Bonchev–Trinajstić information content (AvgIpc) is 2.80. The van der Waals surface area contributed by atoms with Gasteiger partial charge in [-0.3, -0.25) is 4.79 Å². The second kappa shape index (κ2) is 7.67. The molecule has 1 rings (SSSR count). The van der Waals surface area contributed by atoms with Gasteiger partial charge in [0.2, 0.25) is 0 Å². The zero-order valence-corrected chi connectivity index (χ0v) is 10.5. The van der Waals surface area contributed by atoms with Crippen LogP contribution in [0.15, 0.2) is 16.8 Å².